The predicted molar refractivity (Wildman–Crippen MR) is 67.3 cm³/mol. The standard InChI is InChI=1S/C13H17F4N3O/c1-7(13(21)18-8-4-2-3-5-8)20-10(12(16)17)6-9(19-20)11(14)15/h6-8,11-12H,2-5H2,1H3,(H,18,21). The molecule has 1 N–H and O–H groups in total. The van der Waals surface area contributed by atoms with Gasteiger partial charge in [-0.3, -0.25) is 9.48 Å². The van der Waals surface area contributed by atoms with Gasteiger partial charge in [0.2, 0.25) is 5.91 Å². The van der Waals surface area contributed by atoms with Crippen molar-refractivity contribution in [2.24, 2.45) is 0 Å². The fourth-order valence-electron chi connectivity index (χ4n) is 2.51. The normalized spacial score (nSPS) is 17.7. The van der Waals surface area contributed by atoms with E-state index in [0.29, 0.717) is 10.7 Å². The van der Waals surface area contributed by atoms with Crippen molar-refractivity contribution in [2.45, 2.75) is 57.5 Å². The minimum Gasteiger partial charge on any atom is -0.352 e. The fraction of sp³-hybridized carbons (Fsp3) is 0.692. The van der Waals surface area contributed by atoms with E-state index < -0.39 is 36.2 Å². The highest BCUT2D eigenvalue weighted by Gasteiger charge is 2.28. The molecule has 1 unspecified atom stereocenters. The topological polar surface area (TPSA) is 46.9 Å². The molecular weight excluding hydrogens is 290 g/mol. The van der Waals surface area contributed by atoms with Gasteiger partial charge in [-0.1, -0.05) is 12.8 Å². The Hall–Kier alpha value is -1.60. The van der Waals surface area contributed by atoms with E-state index in [0.717, 1.165) is 25.7 Å². The molecule has 0 bridgehead atoms. The molecule has 0 saturated heterocycles. The van der Waals surface area contributed by atoms with Gasteiger partial charge in [0.25, 0.3) is 12.9 Å². The Morgan fingerprint density at radius 1 is 1.29 bits per heavy atom. The molecule has 1 saturated carbocycles. The first-order valence-corrected chi connectivity index (χ1v) is 6.86. The number of amides is 1. The van der Waals surface area contributed by atoms with Gasteiger partial charge < -0.3 is 5.32 Å². The molecule has 1 heterocycles. The Balaban J connectivity index is 2.16. The van der Waals surface area contributed by atoms with E-state index in [4.69, 9.17) is 0 Å². The van der Waals surface area contributed by atoms with Crippen molar-refractivity contribution in [2.75, 3.05) is 0 Å². The number of rotatable bonds is 5. The number of hydrogen-bond acceptors (Lipinski definition) is 2. The summed E-state index contributed by atoms with van der Waals surface area (Å²) in [6.07, 6.45) is -2.19. The third-order valence-corrected chi connectivity index (χ3v) is 3.68. The summed E-state index contributed by atoms with van der Waals surface area (Å²) in [5, 5.41) is 6.20. The van der Waals surface area contributed by atoms with Crippen molar-refractivity contribution in [3.05, 3.63) is 17.5 Å². The van der Waals surface area contributed by atoms with Crippen molar-refractivity contribution in [3.63, 3.8) is 0 Å². The lowest BCUT2D eigenvalue weighted by atomic mass is 10.2. The van der Waals surface area contributed by atoms with Crippen LogP contribution >= 0.6 is 0 Å². The maximum Gasteiger partial charge on any atom is 0.282 e. The second-order valence-electron chi connectivity index (χ2n) is 5.21. The van der Waals surface area contributed by atoms with Crippen LogP contribution in [0.1, 0.15) is 62.9 Å². The third-order valence-electron chi connectivity index (χ3n) is 3.68. The Morgan fingerprint density at radius 2 is 1.90 bits per heavy atom. The lowest BCUT2D eigenvalue weighted by Crippen LogP contribution is -2.38. The van der Waals surface area contributed by atoms with Crippen LogP contribution in [-0.2, 0) is 4.79 Å². The van der Waals surface area contributed by atoms with Gasteiger partial charge in [0.15, 0.2) is 0 Å². The van der Waals surface area contributed by atoms with E-state index in [1.165, 1.54) is 6.92 Å². The highest BCUT2D eigenvalue weighted by Crippen LogP contribution is 2.27. The Kier molecular flexibility index (Phi) is 4.84. The second kappa shape index (κ2) is 6.44. The van der Waals surface area contributed by atoms with Crippen LogP contribution in [0.2, 0.25) is 0 Å². The Labute approximate surface area is 119 Å². The zero-order valence-corrected chi connectivity index (χ0v) is 11.5. The van der Waals surface area contributed by atoms with E-state index in [1.807, 2.05) is 0 Å². The van der Waals surface area contributed by atoms with E-state index in [1.54, 1.807) is 0 Å². The summed E-state index contributed by atoms with van der Waals surface area (Å²) in [5.74, 6) is -0.479. The van der Waals surface area contributed by atoms with Crippen LogP contribution in [0.3, 0.4) is 0 Å². The summed E-state index contributed by atoms with van der Waals surface area (Å²) in [6, 6.07) is -0.378. The lowest BCUT2D eigenvalue weighted by Gasteiger charge is -2.18. The molecule has 2 rings (SSSR count). The summed E-state index contributed by atoms with van der Waals surface area (Å²) in [6.45, 7) is 1.37. The number of nitrogens with zero attached hydrogens (tertiary/aromatic N) is 2. The van der Waals surface area contributed by atoms with E-state index in [-0.39, 0.29) is 6.04 Å². The first-order valence-electron chi connectivity index (χ1n) is 6.86. The maximum absolute atomic E-state index is 12.9. The molecule has 0 aliphatic heterocycles. The van der Waals surface area contributed by atoms with Crippen molar-refractivity contribution in [1.29, 1.82) is 0 Å². The van der Waals surface area contributed by atoms with Gasteiger partial charge in [-0.25, -0.2) is 17.6 Å². The highest BCUT2D eigenvalue weighted by molar-refractivity contribution is 5.80. The molecule has 1 aromatic heterocycles. The molecule has 1 atom stereocenters. The smallest absolute Gasteiger partial charge is 0.282 e. The second-order valence-corrected chi connectivity index (χ2v) is 5.21. The molecule has 1 aliphatic carbocycles. The van der Waals surface area contributed by atoms with E-state index in [9.17, 15) is 22.4 Å². The number of halogens is 4. The van der Waals surface area contributed by atoms with Crippen LogP contribution in [-0.4, -0.2) is 21.7 Å². The lowest BCUT2D eigenvalue weighted by molar-refractivity contribution is -0.125. The van der Waals surface area contributed by atoms with Gasteiger partial charge >= 0.3 is 0 Å². The molecule has 4 nitrogen and oxygen atoms in total. The van der Waals surface area contributed by atoms with E-state index in [2.05, 4.69) is 10.4 Å². The molecule has 1 fully saturated rings. The first kappa shape index (κ1) is 15.8. The van der Waals surface area contributed by atoms with Crippen LogP contribution in [0.4, 0.5) is 17.6 Å². The predicted octanol–water partition coefficient (Wildman–Crippen LogP) is 3.38. The SMILES string of the molecule is CC(C(=O)NC1CCCC1)n1nc(C(F)F)cc1C(F)F. The number of nitrogens with one attached hydrogen (secondary N) is 1. The number of alkyl halides is 4. The summed E-state index contributed by atoms with van der Waals surface area (Å²) < 4.78 is 51.7. The van der Waals surface area contributed by atoms with Crippen molar-refractivity contribution in [3.8, 4) is 0 Å². The highest BCUT2D eigenvalue weighted by atomic mass is 19.3. The van der Waals surface area contributed by atoms with Crippen LogP contribution in [0.5, 0.6) is 0 Å². The Morgan fingerprint density at radius 3 is 2.43 bits per heavy atom. The Bertz CT molecular complexity index is 498. The molecule has 0 radical (unpaired) electrons. The molecule has 1 aliphatic rings. The summed E-state index contributed by atoms with van der Waals surface area (Å²) in [5.41, 5.74) is -1.41. The molecule has 0 spiro atoms. The minimum atomic E-state index is -2.97. The summed E-state index contributed by atoms with van der Waals surface area (Å²) in [7, 11) is 0. The number of carbonyl (C=O) groups excluding carboxylic acids is 1. The zero-order chi connectivity index (χ0) is 15.6. The molecular formula is C13H17F4N3O. The van der Waals surface area contributed by atoms with Crippen LogP contribution < -0.4 is 5.32 Å². The average molecular weight is 307 g/mol. The molecule has 8 heteroatoms. The number of hydrogen-bond donors (Lipinski definition) is 1. The average Bonchev–Trinajstić information content (AvgIpc) is 3.06. The van der Waals surface area contributed by atoms with Gasteiger partial charge in [0, 0.05) is 6.04 Å². The van der Waals surface area contributed by atoms with Crippen molar-refractivity contribution in [1.82, 2.24) is 15.1 Å². The molecule has 1 amide bonds. The monoisotopic (exact) mass is 307 g/mol. The van der Waals surface area contributed by atoms with Gasteiger partial charge in [-0.15, -0.1) is 0 Å². The third kappa shape index (κ3) is 3.54. The van der Waals surface area contributed by atoms with Crippen LogP contribution in [0.25, 0.3) is 0 Å². The van der Waals surface area contributed by atoms with E-state index >= 15 is 0 Å². The van der Waals surface area contributed by atoms with Gasteiger partial charge in [0.05, 0.1) is 0 Å². The molecule has 118 valence electrons. The molecule has 1 aromatic rings. The van der Waals surface area contributed by atoms with Gasteiger partial charge in [0.1, 0.15) is 17.4 Å². The first-order chi connectivity index (χ1) is 9.90. The zero-order valence-electron chi connectivity index (χ0n) is 11.5. The minimum absolute atomic E-state index is 0.0279. The number of carbonyl (C=O) groups is 1. The summed E-state index contributed by atoms with van der Waals surface area (Å²) in [4.78, 5) is 12.0. The van der Waals surface area contributed by atoms with Crippen molar-refractivity contribution >= 4 is 5.91 Å². The number of aromatic nitrogens is 2. The van der Waals surface area contributed by atoms with Crippen LogP contribution in [0.15, 0.2) is 6.07 Å². The largest absolute Gasteiger partial charge is 0.352 e. The maximum atomic E-state index is 12.9. The van der Waals surface area contributed by atoms with Gasteiger partial charge in [-0.2, -0.15) is 5.10 Å². The van der Waals surface area contributed by atoms with Gasteiger partial charge in [-0.05, 0) is 25.8 Å². The summed E-state index contributed by atoms with van der Waals surface area (Å²) >= 11 is 0. The fourth-order valence-corrected chi connectivity index (χ4v) is 2.51. The quantitative estimate of drug-likeness (QED) is 0.848. The molecule has 0 aromatic carbocycles. The van der Waals surface area contributed by atoms with Crippen molar-refractivity contribution < 1.29 is 22.4 Å². The molecule has 21 heavy (non-hydrogen) atoms. The van der Waals surface area contributed by atoms with Crippen LogP contribution in [0, 0.1) is 0 Å².